The van der Waals surface area contributed by atoms with E-state index in [0.29, 0.717) is 13.1 Å². The summed E-state index contributed by atoms with van der Waals surface area (Å²) in [6, 6.07) is -0.769. The summed E-state index contributed by atoms with van der Waals surface area (Å²) in [5, 5.41) is 5.80. The van der Waals surface area contributed by atoms with E-state index in [4.69, 9.17) is 20.9 Å². The lowest BCUT2D eigenvalue weighted by Gasteiger charge is -2.27. The van der Waals surface area contributed by atoms with Gasteiger partial charge in [0.2, 0.25) is 11.8 Å². The van der Waals surface area contributed by atoms with Gasteiger partial charge in [-0.25, -0.2) is 0 Å². The molecule has 0 aromatic carbocycles. The number of nitrogens with two attached hydrogens (primary N) is 2. The topological polar surface area (TPSA) is 135 Å². The number of ether oxygens (including phenoxy) is 2. The van der Waals surface area contributed by atoms with Gasteiger partial charge in [0.1, 0.15) is 0 Å². The molecule has 2 saturated heterocycles. The van der Waals surface area contributed by atoms with Gasteiger partial charge < -0.3 is 31.6 Å². The molecule has 0 spiro atoms. The first-order chi connectivity index (χ1) is 16.3. The van der Waals surface area contributed by atoms with Gasteiger partial charge in [0.25, 0.3) is 0 Å². The minimum atomic E-state index is -0.385. The Kier molecular flexibility index (Phi) is 16.3. The molecule has 4 unspecified atom stereocenters. The summed E-state index contributed by atoms with van der Waals surface area (Å²) in [4.78, 5) is 28.0. The first kappa shape index (κ1) is 30.7. The van der Waals surface area contributed by atoms with Gasteiger partial charge >= 0.3 is 0 Å². The number of amides is 2. The standard InChI is InChI=1S/2C12H25N3O2/c2*1-3-10(2)11(13)12(16)14-4-5-15-6-8-17-9-7-15/h2*10-11H,3-9,13H2,1-2H3,(H,14,16). The van der Waals surface area contributed by atoms with Crippen LogP contribution in [0.15, 0.2) is 0 Å². The first-order valence-electron chi connectivity index (χ1n) is 13.0. The maximum absolute atomic E-state index is 11.7. The van der Waals surface area contributed by atoms with Crippen molar-refractivity contribution >= 4 is 11.8 Å². The summed E-state index contributed by atoms with van der Waals surface area (Å²) in [6.45, 7) is 18.2. The summed E-state index contributed by atoms with van der Waals surface area (Å²) >= 11 is 0. The third-order valence-corrected chi connectivity index (χ3v) is 6.78. The van der Waals surface area contributed by atoms with E-state index < -0.39 is 0 Å². The van der Waals surface area contributed by atoms with Crippen LogP contribution in [0.2, 0.25) is 0 Å². The van der Waals surface area contributed by atoms with Crippen LogP contribution >= 0.6 is 0 Å². The summed E-state index contributed by atoms with van der Waals surface area (Å²) < 4.78 is 10.5. The van der Waals surface area contributed by atoms with Crippen molar-refractivity contribution in [3.63, 3.8) is 0 Å². The van der Waals surface area contributed by atoms with Gasteiger partial charge in [-0.3, -0.25) is 19.4 Å². The Morgan fingerprint density at radius 3 is 1.35 bits per heavy atom. The predicted molar refractivity (Wildman–Crippen MR) is 135 cm³/mol. The van der Waals surface area contributed by atoms with Crippen LogP contribution in [0.1, 0.15) is 40.5 Å². The van der Waals surface area contributed by atoms with Gasteiger partial charge in [-0.05, 0) is 11.8 Å². The molecule has 4 atom stereocenters. The van der Waals surface area contributed by atoms with Crippen molar-refractivity contribution in [2.24, 2.45) is 23.3 Å². The van der Waals surface area contributed by atoms with E-state index in [1.54, 1.807) is 0 Å². The van der Waals surface area contributed by atoms with Crippen molar-refractivity contribution in [1.82, 2.24) is 20.4 Å². The number of morpholine rings is 2. The summed E-state index contributed by atoms with van der Waals surface area (Å²) in [7, 11) is 0. The third-order valence-electron chi connectivity index (χ3n) is 6.78. The molecule has 0 aromatic heterocycles. The van der Waals surface area contributed by atoms with E-state index in [1.807, 2.05) is 27.7 Å². The molecule has 0 bridgehead atoms. The zero-order chi connectivity index (χ0) is 25.3. The largest absolute Gasteiger partial charge is 0.379 e. The number of carbonyl (C=O) groups is 2. The van der Waals surface area contributed by atoms with Crippen LogP contribution < -0.4 is 22.1 Å². The quantitative estimate of drug-likeness (QED) is 0.293. The Morgan fingerprint density at radius 1 is 0.735 bits per heavy atom. The normalized spacial score (nSPS) is 20.9. The van der Waals surface area contributed by atoms with Gasteiger partial charge in [-0.15, -0.1) is 0 Å². The Labute approximate surface area is 206 Å². The van der Waals surface area contributed by atoms with Crippen molar-refractivity contribution in [2.45, 2.75) is 52.6 Å². The maximum atomic E-state index is 11.7. The molecule has 0 saturated carbocycles. The lowest BCUT2D eigenvalue weighted by Crippen LogP contribution is -2.47. The number of nitrogens with zero attached hydrogens (tertiary/aromatic N) is 2. The average molecular weight is 487 g/mol. The monoisotopic (exact) mass is 486 g/mol. The van der Waals surface area contributed by atoms with Crippen LogP contribution in [0.5, 0.6) is 0 Å². The van der Waals surface area contributed by atoms with E-state index in [9.17, 15) is 9.59 Å². The molecule has 0 aliphatic carbocycles. The highest BCUT2D eigenvalue weighted by atomic mass is 16.5. The molecule has 2 rings (SSSR count). The van der Waals surface area contributed by atoms with Crippen molar-refractivity contribution in [3.8, 4) is 0 Å². The van der Waals surface area contributed by atoms with Gasteiger partial charge in [0, 0.05) is 52.4 Å². The highest BCUT2D eigenvalue weighted by molar-refractivity contribution is 5.82. The molecule has 0 aromatic rings. The van der Waals surface area contributed by atoms with Crippen LogP contribution in [0.3, 0.4) is 0 Å². The summed E-state index contributed by atoms with van der Waals surface area (Å²) in [6.07, 6.45) is 1.86. The van der Waals surface area contributed by atoms with Crippen LogP contribution in [0.4, 0.5) is 0 Å². The van der Waals surface area contributed by atoms with E-state index in [1.165, 1.54) is 0 Å². The lowest BCUT2D eigenvalue weighted by atomic mass is 9.99. The van der Waals surface area contributed by atoms with Crippen molar-refractivity contribution in [1.29, 1.82) is 0 Å². The Bertz CT molecular complexity index is 508. The van der Waals surface area contributed by atoms with Crippen molar-refractivity contribution < 1.29 is 19.1 Å². The van der Waals surface area contributed by atoms with E-state index in [0.717, 1.165) is 78.5 Å². The van der Waals surface area contributed by atoms with E-state index >= 15 is 0 Å². The fourth-order valence-corrected chi connectivity index (χ4v) is 3.58. The van der Waals surface area contributed by atoms with Crippen LogP contribution in [-0.2, 0) is 19.1 Å². The number of carbonyl (C=O) groups excluding carboxylic acids is 2. The smallest absolute Gasteiger partial charge is 0.237 e. The average Bonchev–Trinajstić information content (AvgIpc) is 2.88. The molecule has 2 heterocycles. The Balaban J connectivity index is 0.000000340. The molecule has 10 nitrogen and oxygen atoms in total. The molecule has 6 N–H and O–H groups in total. The summed E-state index contributed by atoms with van der Waals surface area (Å²) in [5.74, 6) is 0.400. The minimum Gasteiger partial charge on any atom is -0.379 e. The zero-order valence-corrected chi connectivity index (χ0v) is 21.9. The van der Waals surface area contributed by atoms with Crippen molar-refractivity contribution in [3.05, 3.63) is 0 Å². The van der Waals surface area contributed by atoms with Crippen LogP contribution in [0, 0.1) is 11.8 Å². The molecule has 2 aliphatic heterocycles. The molecule has 2 aliphatic rings. The third kappa shape index (κ3) is 12.4. The number of hydrogen-bond donors (Lipinski definition) is 4. The Hall–Kier alpha value is -1.30. The van der Waals surface area contributed by atoms with Gasteiger partial charge in [0.05, 0.1) is 38.5 Å². The second-order valence-electron chi connectivity index (χ2n) is 9.31. The molecule has 2 fully saturated rings. The molecule has 2 amide bonds. The highest BCUT2D eigenvalue weighted by Gasteiger charge is 2.20. The second-order valence-corrected chi connectivity index (χ2v) is 9.31. The number of rotatable bonds is 12. The van der Waals surface area contributed by atoms with Crippen molar-refractivity contribution in [2.75, 3.05) is 78.8 Å². The number of nitrogens with one attached hydrogen (secondary N) is 2. The fraction of sp³-hybridized carbons (Fsp3) is 0.917. The van der Waals surface area contributed by atoms with E-state index in [-0.39, 0.29) is 35.7 Å². The molecule has 10 heteroatoms. The van der Waals surface area contributed by atoms with Gasteiger partial charge in [-0.1, -0.05) is 40.5 Å². The molecular formula is C24H50N6O4. The molecule has 0 radical (unpaired) electrons. The fourth-order valence-electron chi connectivity index (χ4n) is 3.58. The molecule has 34 heavy (non-hydrogen) atoms. The SMILES string of the molecule is CCC(C)C(N)C(=O)NCCN1CCOCC1.CCC(C)C(N)C(=O)NCCN1CCOCC1. The maximum Gasteiger partial charge on any atom is 0.237 e. The molecule has 200 valence electrons. The van der Waals surface area contributed by atoms with Gasteiger partial charge in [-0.2, -0.15) is 0 Å². The zero-order valence-electron chi connectivity index (χ0n) is 21.9. The predicted octanol–water partition coefficient (Wildman–Crippen LogP) is -0.384. The number of hydrogen-bond acceptors (Lipinski definition) is 8. The second kappa shape index (κ2) is 18.0. The first-order valence-corrected chi connectivity index (χ1v) is 13.0. The highest BCUT2D eigenvalue weighted by Crippen LogP contribution is 2.05. The van der Waals surface area contributed by atoms with Crippen LogP contribution in [0.25, 0.3) is 0 Å². The minimum absolute atomic E-state index is 0.0346. The summed E-state index contributed by atoms with van der Waals surface area (Å²) in [5.41, 5.74) is 11.7. The van der Waals surface area contributed by atoms with Crippen LogP contribution in [-0.4, -0.2) is 112 Å². The van der Waals surface area contributed by atoms with Gasteiger partial charge in [0.15, 0.2) is 0 Å². The molecular weight excluding hydrogens is 436 g/mol. The van der Waals surface area contributed by atoms with E-state index in [2.05, 4.69) is 20.4 Å². The Morgan fingerprint density at radius 2 is 1.06 bits per heavy atom. The lowest BCUT2D eigenvalue weighted by molar-refractivity contribution is -0.124.